The molecule has 0 spiro atoms. The molecule has 0 saturated carbocycles. The normalized spacial score (nSPS) is 12.8. The van der Waals surface area contributed by atoms with Gasteiger partial charge in [-0.2, -0.15) is 13.2 Å². The standard InChI is InChI=1S/C11H11F3N2O3S/c1-6(17)16-8(10(18)19)5-20-9-4-7(2-3-15-9)11(12,13)14/h2-4,8H,5H2,1H3,(H,16,17)(H,18,19). The van der Waals surface area contributed by atoms with Gasteiger partial charge in [0, 0.05) is 18.9 Å². The van der Waals surface area contributed by atoms with Gasteiger partial charge in [-0.05, 0) is 12.1 Å². The first-order valence-corrected chi connectivity index (χ1v) is 6.34. The summed E-state index contributed by atoms with van der Waals surface area (Å²) in [6, 6.07) is 0.470. The third-order valence-electron chi connectivity index (χ3n) is 2.14. The summed E-state index contributed by atoms with van der Waals surface area (Å²) in [5.74, 6) is -1.92. The van der Waals surface area contributed by atoms with E-state index in [0.717, 1.165) is 37.0 Å². The first-order valence-electron chi connectivity index (χ1n) is 5.36. The summed E-state index contributed by atoms with van der Waals surface area (Å²) in [4.78, 5) is 25.4. The second kappa shape index (κ2) is 6.60. The molecule has 1 atom stereocenters. The quantitative estimate of drug-likeness (QED) is 0.811. The van der Waals surface area contributed by atoms with E-state index in [0.29, 0.717) is 0 Å². The molecule has 1 aromatic rings. The average molecular weight is 308 g/mol. The van der Waals surface area contributed by atoms with Crippen molar-refractivity contribution in [1.82, 2.24) is 10.3 Å². The Bertz CT molecular complexity index is 508. The van der Waals surface area contributed by atoms with Crippen LogP contribution in [0.3, 0.4) is 0 Å². The lowest BCUT2D eigenvalue weighted by Gasteiger charge is -2.13. The minimum Gasteiger partial charge on any atom is -0.480 e. The molecule has 20 heavy (non-hydrogen) atoms. The van der Waals surface area contributed by atoms with Crippen molar-refractivity contribution < 1.29 is 27.9 Å². The zero-order valence-corrected chi connectivity index (χ0v) is 11.1. The third-order valence-corrected chi connectivity index (χ3v) is 3.15. The van der Waals surface area contributed by atoms with Crippen LogP contribution >= 0.6 is 11.8 Å². The molecule has 0 aliphatic carbocycles. The summed E-state index contributed by atoms with van der Waals surface area (Å²) in [7, 11) is 0. The number of nitrogens with one attached hydrogen (secondary N) is 1. The van der Waals surface area contributed by atoms with Crippen molar-refractivity contribution in [3.63, 3.8) is 0 Å². The van der Waals surface area contributed by atoms with E-state index >= 15 is 0 Å². The van der Waals surface area contributed by atoms with Crippen LogP contribution in [0.4, 0.5) is 13.2 Å². The van der Waals surface area contributed by atoms with Crippen LogP contribution in [0.2, 0.25) is 0 Å². The highest BCUT2D eigenvalue weighted by atomic mass is 32.2. The van der Waals surface area contributed by atoms with E-state index in [1.165, 1.54) is 0 Å². The first-order chi connectivity index (χ1) is 9.20. The minimum atomic E-state index is -4.48. The molecule has 2 N–H and O–H groups in total. The van der Waals surface area contributed by atoms with E-state index in [1.807, 2.05) is 0 Å². The maximum Gasteiger partial charge on any atom is 0.416 e. The number of hydrogen-bond acceptors (Lipinski definition) is 4. The van der Waals surface area contributed by atoms with E-state index in [2.05, 4.69) is 10.3 Å². The van der Waals surface area contributed by atoms with Crippen LogP contribution in [0.25, 0.3) is 0 Å². The fourth-order valence-corrected chi connectivity index (χ4v) is 2.16. The molecule has 0 bridgehead atoms. The molecule has 0 fully saturated rings. The van der Waals surface area contributed by atoms with Gasteiger partial charge in [0.2, 0.25) is 5.91 Å². The zero-order valence-electron chi connectivity index (χ0n) is 10.3. The topological polar surface area (TPSA) is 79.3 Å². The smallest absolute Gasteiger partial charge is 0.416 e. The van der Waals surface area contributed by atoms with E-state index in [4.69, 9.17) is 5.11 Å². The van der Waals surface area contributed by atoms with Gasteiger partial charge in [0.05, 0.1) is 10.6 Å². The highest BCUT2D eigenvalue weighted by Gasteiger charge is 2.30. The van der Waals surface area contributed by atoms with Gasteiger partial charge in [-0.15, -0.1) is 11.8 Å². The number of thioether (sulfide) groups is 1. The molecular weight excluding hydrogens is 297 g/mol. The predicted octanol–water partition coefficient (Wildman–Crippen LogP) is 1.78. The number of hydrogen-bond donors (Lipinski definition) is 2. The molecule has 0 aliphatic rings. The summed E-state index contributed by atoms with van der Waals surface area (Å²) in [6.45, 7) is 1.16. The summed E-state index contributed by atoms with van der Waals surface area (Å²) >= 11 is 0.822. The Hall–Kier alpha value is -1.77. The molecule has 1 amide bonds. The summed E-state index contributed by atoms with van der Waals surface area (Å²) in [5.41, 5.74) is -0.860. The number of nitrogens with zero attached hydrogens (tertiary/aromatic N) is 1. The van der Waals surface area contributed by atoms with Crippen LogP contribution in [0, 0.1) is 0 Å². The molecule has 110 valence electrons. The molecule has 0 aliphatic heterocycles. The largest absolute Gasteiger partial charge is 0.480 e. The number of carbonyl (C=O) groups excluding carboxylic acids is 1. The molecule has 1 unspecified atom stereocenters. The van der Waals surface area contributed by atoms with E-state index in [1.54, 1.807) is 0 Å². The fraction of sp³-hybridized carbons (Fsp3) is 0.364. The zero-order chi connectivity index (χ0) is 15.3. The highest BCUT2D eigenvalue weighted by molar-refractivity contribution is 7.99. The highest BCUT2D eigenvalue weighted by Crippen LogP contribution is 2.30. The van der Waals surface area contributed by atoms with E-state index in [-0.39, 0.29) is 10.8 Å². The number of amides is 1. The monoisotopic (exact) mass is 308 g/mol. The van der Waals surface area contributed by atoms with E-state index in [9.17, 15) is 22.8 Å². The molecule has 1 heterocycles. The van der Waals surface area contributed by atoms with Gasteiger partial charge in [-0.1, -0.05) is 0 Å². The SMILES string of the molecule is CC(=O)NC(CSc1cc(C(F)(F)F)ccn1)C(=O)O. The summed E-state index contributed by atoms with van der Waals surface area (Å²) < 4.78 is 37.4. The van der Waals surface area contributed by atoms with Crippen molar-refractivity contribution in [1.29, 1.82) is 0 Å². The number of rotatable bonds is 5. The second-order valence-electron chi connectivity index (χ2n) is 3.78. The van der Waals surface area contributed by atoms with Crippen molar-refractivity contribution in [3.8, 4) is 0 Å². The Balaban J connectivity index is 2.73. The second-order valence-corrected chi connectivity index (χ2v) is 4.82. The van der Waals surface area contributed by atoms with Crippen molar-refractivity contribution in [2.45, 2.75) is 24.2 Å². The molecule has 0 aromatic carbocycles. The molecule has 0 saturated heterocycles. The Labute approximate surface area is 116 Å². The maximum atomic E-state index is 12.5. The van der Waals surface area contributed by atoms with Gasteiger partial charge in [0.15, 0.2) is 0 Å². The van der Waals surface area contributed by atoms with Crippen LogP contribution in [0.15, 0.2) is 23.4 Å². The average Bonchev–Trinajstić information content (AvgIpc) is 2.33. The van der Waals surface area contributed by atoms with Crippen molar-refractivity contribution in [2.75, 3.05) is 5.75 Å². The Morgan fingerprint density at radius 2 is 2.15 bits per heavy atom. The third kappa shape index (κ3) is 5.08. The number of carboxylic acids is 1. The number of aliphatic carboxylic acids is 1. The fourth-order valence-electron chi connectivity index (χ4n) is 1.25. The lowest BCUT2D eigenvalue weighted by atomic mass is 10.3. The summed E-state index contributed by atoms with van der Waals surface area (Å²) in [6.07, 6.45) is -3.48. The van der Waals surface area contributed by atoms with Crippen molar-refractivity contribution in [2.24, 2.45) is 0 Å². The lowest BCUT2D eigenvalue weighted by molar-refractivity contribution is -0.140. The van der Waals surface area contributed by atoms with Crippen LogP contribution in [0.5, 0.6) is 0 Å². The Kier molecular flexibility index (Phi) is 5.37. The minimum absolute atomic E-state index is 0.0384. The Morgan fingerprint density at radius 3 is 2.65 bits per heavy atom. The van der Waals surface area contributed by atoms with Crippen molar-refractivity contribution >= 4 is 23.6 Å². The van der Waals surface area contributed by atoms with Crippen LogP contribution < -0.4 is 5.32 Å². The van der Waals surface area contributed by atoms with Gasteiger partial charge in [0.25, 0.3) is 0 Å². The van der Waals surface area contributed by atoms with Crippen LogP contribution in [0.1, 0.15) is 12.5 Å². The number of alkyl halides is 3. The van der Waals surface area contributed by atoms with E-state index < -0.39 is 29.7 Å². The Morgan fingerprint density at radius 1 is 1.50 bits per heavy atom. The lowest BCUT2D eigenvalue weighted by Crippen LogP contribution is -2.41. The molecular formula is C11H11F3N2O3S. The molecule has 9 heteroatoms. The summed E-state index contributed by atoms with van der Waals surface area (Å²) in [5, 5.41) is 11.1. The molecule has 0 radical (unpaired) electrons. The number of pyridine rings is 1. The van der Waals surface area contributed by atoms with Gasteiger partial charge >= 0.3 is 12.1 Å². The van der Waals surface area contributed by atoms with Crippen LogP contribution in [-0.4, -0.2) is 33.8 Å². The number of carboxylic acid groups (broad SMARTS) is 1. The maximum absolute atomic E-state index is 12.5. The van der Waals surface area contributed by atoms with Crippen molar-refractivity contribution in [3.05, 3.63) is 23.9 Å². The van der Waals surface area contributed by atoms with Gasteiger partial charge in [0.1, 0.15) is 6.04 Å². The molecule has 5 nitrogen and oxygen atoms in total. The number of halogens is 3. The van der Waals surface area contributed by atoms with Gasteiger partial charge in [-0.3, -0.25) is 4.79 Å². The predicted molar refractivity (Wildman–Crippen MR) is 65.2 cm³/mol. The first kappa shape index (κ1) is 16.3. The molecule has 1 rings (SSSR count). The number of aromatic nitrogens is 1. The van der Waals surface area contributed by atoms with Gasteiger partial charge < -0.3 is 10.4 Å². The van der Waals surface area contributed by atoms with Crippen LogP contribution in [-0.2, 0) is 15.8 Å². The van der Waals surface area contributed by atoms with Gasteiger partial charge in [-0.25, -0.2) is 9.78 Å². The molecule has 1 aromatic heterocycles. The number of carbonyl (C=O) groups is 2.